The molecule has 0 aromatic carbocycles. The highest BCUT2D eigenvalue weighted by molar-refractivity contribution is 7.90. The third-order valence-corrected chi connectivity index (χ3v) is 3.47. The number of pyridine rings is 1. The van der Waals surface area contributed by atoms with Crippen molar-refractivity contribution in [2.24, 2.45) is 5.73 Å². The van der Waals surface area contributed by atoms with E-state index in [0.29, 0.717) is 5.82 Å². The smallest absolute Gasteiger partial charge is 0.243 e. The van der Waals surface area contributed by atoms with E-state index in [9.17, 15) is 8.42 Å². The molecule has 0 aliphatic heterocycles. The van der Waals surface area contributed by atoms with Crippen molar-refractivity contribution in [3.8, 4) is 11.4 Å². The van der Waals surface area contributed by atoms with Crippen LogP contribution >= 0.6 is 24.8 Å². The number of hydrogen-bond donors (Lipinski definition) is 1. The largest absolute Gasteiger partial charge is 0.337 e. The maximum absolute atomic E-state index is 11.1. The lowest BCUT2D eigenvalue weighted by atomic mass is 10.2. The van der Waals surface area contributed by atoms with Crippen LogP contribution < -0.4 is 5.73 Å². The lowest BCUT2D eigenvalue weighted by molar-refractivity contribution is 0.352. The molecule has 2 N–H and O–H groups in total. The van der Waals surface area contributed by atoms with Gasteiger partial charge in [0.2, 0.25) is 11.7 Å². The van der Waals surface area contributed by atoms with Crippen LogP contribution in [0.4, 0.5) is 0 Å². The van der Waals surface area contributed by atoms with Gasteiger partial charge in [0.15, 0.2) is 0 Å². The Morgan fingerprint density at radius 3 is 2.48 bits per heavy atom. The summed E-state index contributed by atoms with van der Waals surface area (Å²) in [6.07, 6.45) is 4.65. The van der Waals surface area contributed by atoms with Gasteiger partial charge in [-0.25, -0.2) is 8.42 Å². The Kier molecular flexibility index (Phi) is 7.80. The van der Waals surface area contributed by atoms with Crippen molar-refractivity contribution in [3.05, 3.63) is 30.4 Å². The number of nitrogens with two attached hydrogens (primary N) is 1. The summed E-state index contributed by atoms with van der Waals surface area (Å²) >= 11 is 0. The van der Waals surface area contributed by atoms with Crippen molar-refractivity contribution in [2.75, 3.05) is 12.0 Å². The zero-order valence-electron chi connectivity index (χ0n) is 11.2. The average molecular weight is 355 g/mol. The third-order valence-electron chi connectivity index (χ3n) is 2.50. The van der Waals surface area contributed by atoms with Gasteiger partial charge in [0.05, 0.1) is 11.8 Å². The first-order valence-electron chi connectivity index (χ1n) is 5.63. The van der Waals surface area contributed by atoms with Gasteiger partial charge in [0.1, 0.15) is 9.84 Å². The highest BCUT2D eigenvalue weighted by Crippen LogP contribution is 2.18. The second-order valence-corrected chi connectivity index (χ2v) is 6.48. The first-order chi connectivity index (χ1) is 8.96. The highest BCUT2D eigenvalue weighted by atomic mass is 35.5. The predicted octanol–water partition coefficient (Wildman–Crippen LogP) is 1.41. The van der Waals surface area contributed by atoms with Gasteiger partial charge in [-0.05, 0) is 18.6 Å². The number of halogens is 2. The summed E-state index contributed by atoms with van der Waals surface area (Å²) in [7, 11) is -3.05. The topological polar surface area (TPSA) is 112 Å². The molecule has 2 aromatic rings. The Morgan fingerprint density at radius 1 is 1.29 bits per heavy atom. The standard InChI is InChI=1S/C11H14N4O3S.2ClH/c1-19(16,17)7-4-9(12)11-14-10(15-18-11)8-2-5-13-6-3-8;;/h2-3,5-6,9H,4,7,12H2,1H3;2*1H. The Labute approximate surface area is 135 Å². The van der Waals surface area contributed by atoms with Crippen molar-refractivity contribution in [1.82, 2.24) is 15.1 Å². The lowest BCUT2D eigenvalue weighted by Crippen LogP contribution is -2.16. The summed E-state index contributed by atoms with van der Waals surface area (Å²) in [5, 5.41) is 3.81. The Morgan fingerprint density at radius 2 is 1.90 bits per heavy atom. The van der Waals surface area contributed by atoms with Crippen LogP contribution in [0.3, 0.4) is 0 Å². The van der Waals surface area contributed by atoms with E-state index in [1.807, 2.05) is 0 Å². The van der Waals surface area contributed by atoms with Crippen LogP contribution in [-0.2, 0) is 9.84 Å². The molecule has 10 heteroatoms. The fourth-order valence-electron chi connectivity index (χ4n) is 1.47. The van der Waals surface area contributed by atoms with Crippen molar-refractivity contribution in [1.29, 1.82) is 0 Å². The van der Waals surface area contributed by atoms with E-state index >= 15 is 0 Å². The molecule has 2 heterocycles. The minimum atomic E-state index is -3.05. The summed E-state index contributed by atoms with van der Waals surface area (Å²) in [4.78, 5) is 8.05. The van der Waals surface area contributed by atoms with E-state index < -0.39 is 15.9 Å². The zero-order chi connectivity index (χ0) is 13.9. The normalized spacial score (nSPS) is 12.1. The van der Waals surface area contributed by atoms with Gasteiger partial charge in [-0.3, -0.25) is 4.98 Å². The molecular formula is C11H16Cl2N4O3S. The number of rotatable bonds is 5. The summed E-state index contributed by atoms with van der Waals surface area (Å²) < 4.78 is 27.2. The SMILES string of the molecule is CS(=O)(=O)CCC(N)c1nc(-c2ccncc2)no1.Cl.Cl. The van der Waals surface area contributed by atoms with Crippen LogP contribution in [-0.4, -0.2) is 35.6 Å². The van der Waals surface area contributed by atoms with E-state index in [1.165, 1.54) is 0 Å². The maximum Gasteiger partial charge on any atom is 0.243 e. The van der Waals surface area contributed by atoms with Crippen LogP contribution in [0.1, 0.15) is 18.4 Å². The molecule has 0 fully saturated rings. The molecule has 0 saturated heterocycles. The van der Waals surface area contributed by atoms with Crippen LogP contribution in [0.5, 0.6) is 0 Å². The average Bonchev–Trinajstić information content (AvgIpc) is 2.86. The van der Waals surface area contributed by atoms with Gasteiger partial charge in [0.25, 0.3) is 0 Å². The molecule has 1 atom stereocenters. The quantitative estimate of drug-likeness (QED) is 0.863. The van der Waals surface area contributed by atoms with Crippen LogP contribution in [0.2, 0.25) is 0 Å². The molecule has 2 rings (SSSR count). The van der Waals surface area contributed by atoms with Crippen molar-refractivity contribution >= 4 is 34.7 Å². The van der Waals surface area contributed by atoms with E-state index in [4.69, 9.17) is 10.3 Å². The molecular weight excluding hydrogens is 339 g/mol. The molecule has 2 aromatic heterocycles. The van der Waals surface area contributed by atoms with Gasteiger partial charge < -0.3 is 10.3 Å². The molecule has 0 bridgehead atoms. The Hall–Kier alpha value is -1.22. The van der Waals surface area contributed by atoms with E-state index in [0.717, 1.165) is 11.8 Å². The number of aromatic nitrogens is 3. The minimum Gasteiger partial charge on any atom is -0.337 e. The molecule has 1 unspecified atom stereocenters. The van der Waals surface area contributed by atoms with Gasteiger partial charge in [-0.2, -0.15) is 4.98 Å². The third kappa shape index (κ3) is 5.96. The molecule has 0 saturated carbocycles. The predicted molar refractivity (Wildman–Crippen MR) is 83.3 cm³/mol. The van der Waals surface area contributed by atoms with Crippen molar-refractivity contribution in [3.63, 3.8) is 0 Å². The second kappa shape index (κ2) is 8.28. The van der Waals surface area contributed by atoms with Crippen molar-refractivity contribution < 1.29 is 12.9 Å². The molecule has 0 aliphatic carbocycles. The first kappa shape index (κ1) is 19.8. The van der Waals surface area contributed by atoms with Gasteiger partial charge in [-0.15, -0.1) is 24.8 Å². The molecule has 0 radical (unpaired) electrons. The second-order valence-electron chi connectivity index (χ2n) is 4.22. The van der Waals surface area contributed by atoms with E-state index in [-0.39, 0.29) is 42.9 Å². The minimum absolute atomic E-state index is 0. The fourth-order valence-corrected chi connectivity index (χ4v) is 2.15. The Bertz CT molecular complexity index is 648. The van der Waals surface area contributed by atoms with Crippen molar-refractivity contribution in [2.45, 2.75) is 12.5 Å². The molecule has 0 aliphatic rings. The summed E-state index contributed by atoms with van der Waals surface area (Å²) in [5.41, 5.74) is 6.58. The van der Waals surface area contributed by atoms with Gasteiger partial charge in [-0.1, -0.05) is 5.16 Å². The highest BCUT2D eigenvalue weighted by Gasteiger charge is 2.17. The molecule has 0 spiro atoms. The molecule has 118 valence electrons. The number of sulfone groups is 1. The summed E-state index contributed by atoms with van der Waals surface area (Å²) in [6.45, 7) is 0. The summed E-state index contributed by atoms with van der Waals surface area (Å²) in [5.74, 6) is 0.629. The lowest BCUT2D eigenvalue weighted by Gasteiger charge is -2.04. The zero-order valence-corrected chi connectivity index (χ0v) is 13.6. The van der Waals surface area contributed by atoms with Crippen LogP contribution in [0, 0.1) is 0 Å². The number of nitrogens with zero attached hydrogens (tertiary/aromatic N) is 3. The van der Waals surface area contributed by atoms with Gasteiger partial charge in [0, 0.05) is 24.2 Å². The van der Waals surface area contributed by atoms with Gasteiger partial charge >= 0.3 is 0 Å². The molecule has 0 amide bonds. The number of hydrogen-bond acceptors (Lipinski definition) is 7. The van der Waals surface area contributed by atoms with Crippen LogP contribution in [0.15, 0.2) is 29.0 Å². The Balaban J connectivity index is 0.00000200. The van der Waals surface area contributed by atoms with E-state index in [1.54, 1.807) is 24.5 Å². The molecule has 21 heavy (non-hydrogen) atoms. The van der Waals surface area contributed by atoms with Crippen LogP contribution in [0.25, 0.3) is 11.4 Å². The monoisotopic (exact) mass is 354 g/mol. The first-order valence-corrected chi connectivity index (χ1v) is 7.69. The summed E-state index contributed by atoms with van der Waals surface area (Å²) in [6, 6.07) is 2.91. The fraction of sp³-hybridized carbons (Fsp3) is 0.364. The maximum atomic E-state index is 11.1. The molecule has 7 nitrogen and oxygen atoms in total. The van der Waals surface area contributed by atoms with E-state index in [2.05, 4.69) is 15.1 Å².